The van der Waals surface area contributed by atoms with Crippen LogP contribution in [0.5, 0.6) is 0 Å². The van der Waals surface area contributed by atoms with Gasteiger partial charge in [0, 0.05) is 17.1 Å². The Kier molecular flexibility index (Phi) is 3.59. The molecule has 4 nitrogen and oxygen atoms in total. The summed E-state index contributed by atoms with van der Waals surface area (Å²) in [6, 6.07) is 9.42. The third-order valence-corrected chi connectivity index (χ3v) is 4.33. The average Bonchev–Trinajstić information content (AvgIpc) is 3.31. The third-order valence-electron chi connectivity index (χ3n) is 3.57. The van der Waals surface area contributed by atoms with E-state index < -0.39 is 0 Å². The maximum absolute atomic E-state index is 13.2. The van der Waals surface area contributed by atoms with Crippen LogP contribution < -0.4 is 0 Å². The van der Waals surface area contributed by atoms with E-state index >= 15 is 0 Å². The molecule has 1 aromatic carbocycles. The Labute approximate surface area is 140 Å². The second kappa shape index (κ2) is 5.90. The quantitative estimate of drug-likeness (QED) is 0.400. The van der Waals surface area contributed by atoms with Crippen molar-refractivity contribution in [1.82, 2.24) is 9.38 Å². The largest absolute Gasteiger partial charge is 0.461 e. The van der Waals surface area contributed by atoms with Gasteiger partial charge in [0.05, 0.1) is 17.7 Å². The van der Waals surface area contributed by atoms with E-state index in [2.05, 4.69) is 4.98 Å². The van der Waals surface area contributed by atoms with Gasteiger partial charge in [0.1, 0.15) is 5.82 Å². The maximum atomic E-state index is 13.2. The summed E-state index contributed by atoms with van der Waals surface area (Å²) in [5.74, 6) is -0.249. The third kappa shape index (κ3) is 2.57. The Morgan fingerprint density at radius 2 is 2.08 bits per heavy atom. The summed E-state index contributed by atoms with van der Waals surface area (Å²) in [7, 11) is 0. The Balaban J connectivity index is 1.78. The van der Waals surface area contributed by atoms with Crippen LogP contribution in [0.3, 0.4) is 0 Å². The number of halogens is 1. The van der Waals surface area contributed by atoms with Crippen molar-refractivity contribution in [3.8, 4) is 11.3 Å². The van der Waals surface area contributed by atoms with Crippen LogP contribution in [0.2, 0.25) is 0 Å². The van der Waals surface area contributed by atoms with Gasteiger partial charge in [-0.1, -0.05) is 0 Å². The molecule has 0 aliphatic carbocycles. The molecular weight excluding hydrogens is 327 g/mol. The van der Waals surface area contributed by atoms with Crippen LogP contribution >= 0.6 is 11.3 Å². The summed E-state index contributed by atoms with van der Waals surface area (Å²) in [6.45, 7) is 0. The van der Waals surface area contributed by atoms with Gasteiger partial charge in [0.2, 0.25) is 5.78 Å². The van der Waals surface area contributed by atoms with Crippen LogP contribution in [-0.4, -0.2) is 15.2 Å². The van der Waals surface area contributed by atoms with Crippen LogP contribution in [0.25, 0.3) is 22.3 Å². The molecular formula is C18H11FN2O2S. The molecule has 0 atom stereocenters. The Hall–Kier alpha value is -2.99. The number of allylic oxidation sites excluding steroid dienone is 1. The number of rotatable bonds is 4. The fraction of sp³-hybridized carbons (Fsp3) is 0. The lowest BCUT2D eigenvalue weighted by molar-refractivity contribution is 0.102. The van der Waals surface area contributed by atoms with Gasteiger partial charge in [0.25, 0.3) is 0 Å². The van der Waals surface area contributed by atoms with Gasteiger partial charge in [0.15, 0.2) is 10.7 Å². The van der Waals surface area contributed by atoms with Gasteiger partial charge >= 0.3 is 0 Å². The highest BCUT2D eigenvalue weighted by Crippen LogP contribution is 2.28. The Morgan fingerprint density at radius 3 is 2.83 bits per heavy atom. The lowest BCUT2D eigenvalue weighted by Gasteiger charge is -2.00. The van der Waals surface area contributed by atoms with Crippen molar-refractivity contribution in [1.29, 1.82) is 0 Å². The summed E-state index contributed by atoms with van der Waals surface area (Å²) >= 11 is 1.49. The number of hydrogen-bond acceptors (Lipinski definition) is 4. The van der Waals surface area contributed by atoms with E-state index in [4.69, 9.17) is 4.42 Å². The lowest BCUT2D eigenvalue weighted by atomic mass is 10.1. The van der Waals surface area contributed by atoms with E-state index in [1.54, 1.807) is 30.3 Å². The summed E-state index contributed by atoms with van der Waals surface area (Å²) in [4.78, 5) is 17.5. The summed E-state index contributed by atoms with van der Waals surface area (Å²) in [6.07, 6.45) is 6.50. The standard InChI is InChI=1S/C18H11FN2O2S/c19-13-5-3-12(4-6-13)17-14(21-9-11-24-18(21)20-17)7-8-15(22)16-2-1-10-23-16/h1-11H. The van der Waals surface area contributed by atoms with Crippen molar-refractivity contribution in [2.24, 2.45) is 0 Å². The number of fused-ring (bicyclic) bond motifs is 1. The van der Waals surface area contributed by atoms with Crippen LogP contribution in [0.15, 0.2) is 64.7 Å². The molecule has 0 aliphatic rings. The highest BCUT2D eigenvalue weighted by Gasteiger charge is 2.14. The number of aromatic nitrogens is 2. The number of hydrogen-bond donors (Lipinski definition) is 0. The smallest absolute Gasteiger partial charge is 0.221 e. The molecule has 4 aromatic rings. The number of nitrogens with zero attached hydrogens (tertiary/aromatic N) is 2. The summed E-state index contributed by atoms with van der Waals surface area (Å²) in [5.41, 5.74) is 2.25. The van der Waals surface area contributed by atoms with Gasteiger partial charge < -0.3 is 4.42 Å². The first-order chi connectivity index (χ1) is 11.7. The molecule has 0 saturated heterocycles. The molecule has 0 amide bonds. The summed E-state index contributed by atoms with van der Waals surface area (Å²) < 4.78 is 20.2. The number of carbonyl (C=O) groups excluding carboxylic acids is 1. The number of benzene rings is 1. The topological polar surface area (TPSA) is 47.5 Å². The highest BCUT2D eigenvalue weighted by atomic mass is 32.1. The minimum absolute atomic E-state index is 0.227. The molecule has 0 fully saturated rings. The lowest BCUT2D eigenvalue weighted by Crippen LogP contribution is -1.92. The minimum atomic E-state index is -0.301. The normalized spacial score (nSPS) is 11.5. The van der Waals surface area contributed by atoms with Crippen molar-refractivity contribution in [3.05, 3.63) is 77.6 Å². The van der Waals surface area contributed by atoms with Gasteiger partial charge in [-0.3, -0.25) is 9.20 Å². The zero-order valence-electron chi connectivity index (χ0n) is 12.3. The Morgan fingerprint density at radius 1 is 1.25 bits per heavy atom. The molecule has 24 heavy (non-hydrogen) atoms. The molecule has 0 unspecified atom stereocenters. The molecule has 4 rings (SSSR count). The van der Waals surface area contributed by atoms with Gasteiger partial charge in [-0.25, -0.2) is 9.37 Å². The molecule has 3 aromatic heterocycles. The first-order valence-corrected chi connectivity index (χ1v) is 8.08. The molecule has 0 aliphatic heterocycles. The molecule has 118 valence electrons. The zero-order chi connectivity index (χ0) is 16.5. The monoisotopic (exact) mass is 338 g/mol. The van der Waals surface area contributed by atoms with Gasteiger partial charge in [-0.05, 0) is 48.6 Å². The van der Waals surface area contributed by atoms with E-state index in [9.17, 15) is 9.18 Å². The molecule has 3 heterocycles. The fourth-order valence-electron chi connectivity index (χ4n) is 2.44. The first kappa shape index (κ1) is 14.6. The van der Waals surface area contributed by atoms with Crippen LogP contribution in [0.1, 0.15) is 16.2 Å². The predicted octanol–water partition coefficient (Wildman–Crippen LogP) is 4.69. The second-order valence-corrected chi connectivity index (χ2v) is 5.96. The first-order valence-electron chi connectivity index (χ1n) is 7.20. The number of imidazole rings is 1. The molecule has 0 spiro atoms. The number of ketones is 1. The van der Waals surface area contributed by atoms with Crippen LogP contribution in [0.4, 0.5) is 4.39 Å². The summed E-state index contributed by atoms with van der Waals surface area (Å²) in [5, 5.41) is 1.92. The van der Waals surface area contributed by atoms with Crippen LogP contribution in [0, 0.1) is 5.82 Å². The fourth-order valence-corrected chi connectivity index (χ4v) is 3.16. The molecule has 0 saturated carbocycles. The second-order valence-electron chi connectivity index (χ2n) is 5.08. The molecule has 0 N–H and O–H groups in total. The highest BCUT2D eigenvalue weighted by molar-refractivity contribution is 7.15. The van der Waals surface area contributed by atoms with E-state index in [0.717, 1.165) is 16.2 Å². The zero-order valence-corrected chi connectivity index (χ0v) is 13.2. The van der Waals surface area contributed by atoms with Gasteiger partial charge in [-0.2, -0.15) is 0 Å². The number of thiazole rings is 1. The molecule has 0 radical (unpaired) electrons. The van der Waals surface area contributed by atoms with Crippen molar-refractivity contribution in [3.63, 3.8) is 0 Å². The van der Waals surface area contributed by atoms with Crippen molar-refractivity contribution in [2.45, 2.75) is 0 Å². The average molecular weight is 338 g/mol. The maximum Gasteiger partial charge on any atom is 0.221 e. The van der Waals surface area contributed by atoms with Crippen molar-refractivity contribution < 1.29 is 13.6 Å². The number of carbonyl (C=O) groups is 1. The minimum Gasteiger partial charge on any atom is -0.461 e. The molecule has 0 bridgehead atoms. The van der Waals surface area contributed by atoms with E-state index in [0.29, 0.717) is 5.69 Å². The van der Waals surface area contributed by atoms with E-state index in [-0.39, 0.29) is 17.4 Å². The van der Waals surface area contributed by atoms with Gasteiger partial charge in [-0.15, -0.1) is 11.3 Å². The SMILES string of the molecule is O=C(C=Cc1c(-c2ccc(F)cc2)nc2sccn12)c1ccco1. The van der Waals surface area contributed by atoms with Crippen LogP contribution in [-0.2, 0) is 0 Å². The molecule has 6 heteroatoms. The van der Waals surface area contributed by atoms with E-state index in [1.165, 1.54) is 35.8 Å². The predicted molar refractivity (Wildman–Crippen MR) is 90.5 cm³/mol. The number of furan rings is 1. The Bertz CT molecular complexity index is 1030. The van der Waals surface area contributed by atoms with E-state index in [1.807, 2.05) is 16.0 Å². The van der Waals surface area contributed by atoms with Crippen molar-refractivity contribution in [2.75, 3.05) is 0 Å². The van der Waals surface area contributed by atoms with Crippen molar-refractivity contribution >= 4 is 28.2 Å².